The van der Waals surface area contributed by atoms with E-state index in [1.807, 2.05) is 0 Å². The van der Waals surface area contributed by atoms with Gasteiger partial charge in [-0.15, -0.1) is 0 Å². The number of hydrogen-bond donors (Lipinski definition) is 1. The van der Waals surface area contributed by atoms with E-state index < -0.39 is 0 Å². The summed E-state index contributed by atoms with van der Waals surface area (Å²) < 4.78 is 5.32. The van der Waals surface area contributed by atoms with Gasteiger partial charge in [-0.2, -0.15) is 12.6 Å². The Morgan fingerprint density at radius 3 is 2.79 bits per heavy atom. The summed E-state index contributed by atoms with van der Waals surface area (Å²) in [6.07, 6.45) is 0. The molecule has 0 saturated carbocycles. The Morgan fingerprint density at radius 1 is 1.29 bits per heavy atom. The first-order valence-electron chi connectivity index (χ1n) is 4.92. The Kier molecular flexibility index (Phi) is 3.32. The van der Waals surface area contributed by atoms with Gasteiger partial charge in [-0.05, 0) is 17.7 Å². The molecule has 0 N–H and O–H groups in total. The van der Waals surface area contributed by atoms with E-state index in [0.29, 0.717) is 0 Å². The molecule has 1 aliphatic heterocycles. The van der Waals surface area contributed by atoms with E-state index >= 15 is 0 Å². The van der Waals surface area contributed by atoms with Crippen molar-refractivity contribution in [3.05, 3.63) is 29.8 Å². The topological polar surface area (TPSA) is 12.5 Å². The summed E-state index contributed by atoms with van der Waals surface area (Å²) in [5.74, 6) is 0.804. The standard InChI is InChI=1S/C11H15NOS/c14-9-10-2-1-3-11(8-10)12-4-6-13-7-5-12/h1-3,8,14H,4-7,9H2. The number of rotatable bonds is 2. The molecule has 0 atom stereocenters. The number of anilines is 1. The van der Waals surface area contributed by atoms with Crippen LogP contribution >= 0.6 is 12.6 Å². The molecule has 3 heteroatoms. The lowest BCUT2D eigenvalue weighted by atomic mass is 10.2. The van der Waals surface area contributed by atoms with Crippen molar-refractivity contribution in [2.24, 2.45) is 0 Å². The first kappa shape index (κ1) is 9.87. The molecule has 0 unspecified atom stereocenters. The van der Waals surface area contributed by atoms with Gasteiger partial charge in [-0.3, -0.25) is 0 Å². The van der Waals surface area contributed by atoms with Crippen LogP contribution in [0.1, 0.15) is 5.56 Å². The molecule has 1 aliphatic rings. The second-order valence-electron chi connectivity index (χ2n) is 3.43. The molecule has 0 bridgehead atoms. The Hall–Kier alpha value is -0.670. The average Bonchev–Trinajstić information content (AvgIpc) is 2.30. The van der Waals surface area contributed by atoms with Gasteiger partial charge < -0.3 is 9.64 Å². The molecule has 1 aromatic carbocycles. The van der Waals surface area contributed by atoms with Crippen molar-refractivity contribution in [3.63, 3.8) is 0 Å². The van der Waals surface area contributed by atoms with E-state index in [-0.39, 0.29) is 0 Å². The van der Waals surface area contributed by atoms with Crippen LogP contribution in [0, 0.1) is 0 Å². The third kappa shape index (κ3) is 2.22. The summed E-state index contributed by atoms with van der Waals surface area (Å²) in [6, 6.07) is 8.56. The number of thiol groups is 1. The highest BCUT2D eigenvalue weighted by Crippen LogP contribution is 2.18. The maximum Gasteiger partial charge on any atom is 0.0642 e. The van der Waals surface area contributed by atoms with Crippen LogP contribution in [0.25, 0.3) is 0 Å². The fourth-order valence-corrected chi connectivity index (χ4v) is 1.87. The summed E-state index contributed by atoms with van der Waals surface area (Å²) >= 11 is 4.28. The Morgan fingerprint density at radius 2 is 2.07 bits per heavy atom. The van der Waals surface area contributed by atoms with Crippen LogP contribution in [0.5, 0.6) is 0 Å². The molecular formula is C11H15NOS. The molecule has 1 saturated heterocycles. The third-order valence-electron chi connectivity index (χ3n) is 2.47. The van der Waals surface area contributed by atoms with Gasteiger partial charge in [0.25, 0.3) is 0 Å². The van der Waals surface area contributed by atoms with Crippen LogP contribution < -0.4 is 4.90 Å². The maximum atomic E-state index is 5.32. The van der Waals surface area contributed by atoms with Gasteiger partial charge in [-0.25, -0.2) is 0 Å². The van der Waals surface area contributed by atoms with Crippen LogP contribution in [0.4, 0.5) is 5.69 Å². The van der Waals surface area contributed by atoms with Crippen LogP contribution in [-0.4, -0.2) is 26.3 Å². The highest BCUT2D eigenvalue weighted by molar-refractivity contribution is 7.79. The van der Waals surface area contributed by atoms with Crippen molar-refractivity contribution in [1.82, 2.24) is 0 Å². The minimum atomic E-state index is 0.804. The summed E-state index contributed by atoms with van der Waals surface area (Å²) in [6.45, 7) is 3.67. The summed E-state index contributed by atoms with van der Waals surface area (Å²) in [4.78, 5) is 2.36. The second kappa shape index (κ2) is 4.71. The second-order valence-corrected chi connectivity index (χ2v) is 3.74. The summed E-state index contributed by atoms with van der Waals surface area (Å²) in [5.41, 5.74) is 2.57. The van der Waals surface area contributed by atoms with Crippen molar-refractivity contribution < 1.29 is 4.74 Å². The van der Waals surface area contributed by atoms with E-state index in [1.165, 1.54) is 11.3 Å². The molecular weight excluding hydrogens is 194 g/mol. The maximum absolute atomic E-state index is 5.32. The molecule has 1 fully saturated rings. The molecule has 14 heavy (non-hydrogen) atoms. The Bertz CT molecular complexity index is 297. The van der Waals surface area contributed by atoms with E-state index in [2.05, 4.69) is 41.8 Å². The van der Waals surface area contributed by atoms with Crippen molar-refractivity contribution in [2.45, 2.75) is 5.75 Å². The number of hydrogen-bond acceptors (Lipinski definition) is 3. The Balaban J connectivity index is 2.13. The van der Waals surface area contributed by atoms with Gasteiger partial charge in [0.2, 0.25) is 0 Å². The lowest BCUT2D eigenvalue weighted by Gasteiger charge is -2.29. The van der Waals surface area contributed by atoms with Crippen molar-refractivity contribution in [2.75, 3.05) is 31.2 Å². The fourth-order valence-electron chi connectivity index (χ4n) is 1.67. The predicted molar refractivity (Wildman–Crippen MR) is 62.2 cm³/mol. The molecule has 0 amide bonds. The summed E-state index contributed by atoms with van der Waals surface area (Å²) in [5, 5.41) is 0. The highest BCUT2D eigenvalue weighted by Gasteiger charge is 2.10. The highest BCUT2D eigenvalue weighted by atomic mass is 32.1. The fraction of sp³-hybridized carbons (Fsp3) is 0.455. The average molecular weight is 209 g/mol. The van der Waals surface area contributed by atoms with Crippen LogP contribution in [-0.2, 0) is 10.5 Å². The summed E-state index contributed by atoms with van der Waals surface area (Å²) in [7, 11) is 0. The van der Waals surface area contributed by atoms with E-state index in [9.17, 15) is 0 Å². The van der Waals surface area contributed by atoms with Crippen LogP contribution in [0.15, 0.2) is 24.3 Å². The quantitative estimate of drug-likeness (QED) is 0.747. The lowest BCUT2D eigenvalue weighted by Crippen LogP contribution is -2.36. The minimum absolute atomic E-state index is 0.804. The zero-order valence-corrected chi connectivity index (χ0v) is 9.04. The molecule has 0 aromatic heterocycles. The predicted octanol–water partition coefficient (Wildman–Crippen LogP) is 1.95. The van der Waals surface area contributed by atoms with Crippen LogP contribution in [0.3, 0.4) is 0 Å². The van der Waals surface area contributed by atoms with Crippen molar-refractivity contribution >= 4 is 18.3 Å². The van der Waals surface area contributed by atoms with Crippen molar-refractivity contribution in [3.8, 4) is 0 Å². The minimum Gasteiger partial charge on any atom is -0.378 e. The first-order chi connectivity index (χ1) is 6.90. The third-order valence-corrected chi connectivity index (χ3v) is 2.83. The molecule has 76 valence electrons. The van der Waals surface area contributed by atoms with Crippen molar-refractivity contribution in [1.29, 1.82) is 0 Å². The first-order valence-corrected chi connectivity index (χ1v) is 5.56. The normalized spacial score (nSPS) is 17.1. The smallest absolute Gasteiger partial charge is 0.0642 e. The molecule has 1 aromatic rings. The molecule has 2 rings (SSSR count). The van der Waals surface area contributed by atoms with E-state index in [0.717, 1.165) is 32.1 Å². The van der Waals surface area contributed by atoms with Gasteiger partial charge in [0.15, 0.2) is 0 Å². The molecule has 2 nitrogen and oxygen atoms in total. The largest absolute Gasteiger partial charge is 0.378 e. The number of morpholine rings is 1. The van der Waals surface area contributed by atoms with E-state index in [4.69, 9.17) is 4.74 Å². The number of benzene rings is 1. The molecule has 0 radical (unpaired) electrons. The SMILES string of the molecule is SCc1cccc(N2CCOCC2)c1. The number of nitrogens with zero attached hydrogens (tertiary/aromatic N) is 1. The van der Waals surface area contributed by atoms with Gasteiger partial charge >= 0.3 is 0 Å². The van der Waals surface area contributed by atoms with Gasteiger partial charge in [0.1, 0.15) is 0 Å². The monoisotopic (exact) mass is 209 g/mol. The van der Waals surface area contributed by atoms with Crippen LogP contribution in [0.2, 0.25) is 0 Å². The molecule has 0 spiro atoms. The molecule has 0 aliphatic carbocycles. The Labute approximate surface area is 90.3 Å². The molecule has 1 heterocycles. The number of ether oxygens (including phenoxy) is 1. The van der Waals surface area contributed by atoms with E-state index in [1.54, 1.807) is 0 Å². The van der Waals surface area contributed by atoms with Gasteiger partial charge in [0, 0.05) is 24.5 Å². The van der Waals surface area contributed by atoms with Gasteiger partial charge in [0.05, 0.1) is 13.2 Å². The van der Waals surface area contributed by atoms with Gasteiger partial charge in [-0.1, -0.05) is 12.1 Å². The lowest BCUT2D eigenvalue weighted by molar-refractivity contribution is 0.122. The zero-order valence-electron chi connectivity index (χ0n) is 8.15. The zero-order chi connectivity index (χ0) is 9.80.